The van der Waals surface area contributed by atoms with Crippen LogP contribution in [0.15, 0.2) is 54.9 Å². The highest BCUT2D eigenvalue weighted by Crippen LogP contribution is 2.30. The molecule has 2 unspecified atom stereocenters. The van der Waals surface area contributed by atoms with E-state index in [0.717, 1.165) is 41.1 Å². The molecule has 0 amide bonds. The highest BCUT2D eigenvalue weighted by Gasteiger charge is 2.26. The molecule has 174 valence electrons. The van der Waals surface area contributed by atoms with E-state index in [-0.39, 0.29) is 24.4 Å². The second kappa shape index (κ2) is 8.87. The zero-order valence-corrected chi connectivity index (χ0v) is 19.6. The fourth-order valence-corrected chi connectivity index (χ4v) is 4.55. The molecule has 1 aliphatic heterocycles. The SMILES string of the molecule is CC1CN(c2nc(-c3cccc(CC(=O)c4ccc(N)nc4)c3)nc3ccn(C)c23)CC(C)O1. The molecule has 2 N–H and O–H groups in total. The Morgan fingerprint density at radius 3 is 2.65 bits per heavy atom. The van der Waals surface area contributed by atoms with Gasteiger partial charge in [0.25, 0.3) is 0 Å². The molecule has 5 rings (SSSR count). The van der Waals surface area contributed by atoms with Crippen LogP contribution in [0.3, 0.4) is 0 Å². The Hall–Kier alpha value is -3.78. The first-order valence-corrected chi connectivity index (χ1v) is 11.4. The number of pyridine rings is 1. The van der Waals surface area contributed by atoms with Crippen molar-refractivity contribution in [1.82, 2.24) is 19.5 Å². The van der Waals surface area contributed by atoms with Crippen LogP contribution in [-0.2, 0) is 18.2 Å². The van der Waals surface area contributed by atoms with Gasteiger partial charge in [-0.25, -0.2) is 15.0 Å². The molecule has 0 bridgehead atoms. The predicted octanol–water partition coefficient (Wildman–Crippen LogP) is 3.65. The third-order valence-electron chi connectivity index (χ3n) is 6.08. The van der Waals surface area contributed by atoms with Gasteiger partial charge in [0.05, 0.1) is 17.7 Å². The third kappa shape index (κ3) is 4.36. The maximum atomic E-state index is 12.7. The Kier molecular flexibility index (Phi) is 5.75. The van der Waals surface area contributed by atoms with Gasteiger partial charge in [0.2, 0.25) is 0 Å². The van der Waals surface area contributed by atoms with Crippen molar-refractivity contribution in [3.05, 3.63) is 66.0 Å². The fourth-order valence-electron chi connectivity index (χ4n) is 4.55. The molecule has 1 aromatic carbocycles. The van der Waals surface area contributed by atoms with E-state index in [1.165, 1.54) is 6.20 Å². The molecule has 8 heteroatoms. The van der Waals surface area contributed by atoms with E-state index < -0.39 is 0 Å². The van der Waals surface area contributed by atoms with Crippen LogP contribution in [0.5, 0.6) is 0 Å². The number of nitrogens with zero attached hydrogens (tertiary/aromatic N) is 5. The van der Waals surface area contributed by atoms with Gasteiger partial charge in [0.15, 0.2) is 17.4 Å². The Morgan fingerprint density at radius 1 is 1.12 bits per heavy atom. The summed E-state index contributed by atoms with van der Waals surface area (Å²) in [7, 11) is 2.01. The van der Waals surface area contributed by atoms with E-state index in [1.807, 2.05) is 43.6 Å². The second-order valence-electron chi connectivity index (χ2n) is 8.97. The van der Waals surface area contributed by atoms with Crippen molar-refractivity contribution in [3.8, 4) is 11.4 Å². The van der Waals surface area contributed by atoms with Crippen molar-refractivity contribution in [1.29, 1.82) is 0 Å². The lowest BCUT2D eigenvalue weighted by molar-refractivity contribution is -0.00538. The molecule has 3 aromatic heterocycles. The van der Waals surface area contributed by atoms with Gasteiger partial charge < -0.3 is 19.9 Å². The highest BCUT2D eigenvalue weighted by atomic mass is 16.5. The van der Waals surface area contributed by atoms with Crippen LogP contribution in [0.4, 0.5) is 11.6 Å². The van der Waals surface area contributed by atoms with E-state index in [4.69, 9.17) is 20.4 Å². The average molecular weight is 457 g/mol. The molecule has 34 heavy (non-hydrogen) atoms. The summed E-state index contributed by atoms with van der Waals surface area (Å²) in [5.41, 5.74) is 9.85. The summed E-state index contributed by atoms with van der Waals surface area (Å²) in [6.45, 7) is 5.71. The number of benzene rings is 1. The molecule has 4 aromatic rings. The van der Waals surface area contributed by atoms with E-state index >= 15 is 0 Å². The minimum absolute atomic E-state index is 0.0129. The monoisotopic (exact) mass is 456 g/mol. The predicted molar refractivity (Wildman–Crippen MR) is 133 cm³/mol. The van der Waals surface area contributed by atoms with E-state index in [9.17, 15) is 4.79 Å². The topological polar surface area (TPSA) is 99.2 Å². The average Bonchev–Trinajstić information content (AvgIpc) is 3.19. The van der Waals surface area contributed by atoms with Crippen LogP contribution in [-0.4, -0.2) is 50.6 Å². The minimum Gasteiger partial charge on any atom is -0.384 e. The van der Waals surface area contributed by atoms with Crippen molar-refractivity contribution in [3.63, 3.8) is 0 Å². The maximum Gasteiger partial charge on any atom is 0.168 e. The normalized spacial score (nSPS) is 18.4. The number of fused-ring (bicyclic) bond motifs is 1. The number of aromatic nitrogens is 4. The van der Waals surface area contributed by atoms with E-state index in [0.29, 0.717) is 17.2 Å². The maximum absolute atomic E-state index is 12.7. The van der Waals surface area contributed by atoms with E-state index in [1.54, 1.807) is 12.1 Å². The quantitative estimate of drug-likeness (QED) is 0.458. The summed E-state index contributed by atoms with van der Waals surface area (Å²) in [5, 5.41) is 0. The largest absolute Gasteiger partial charge is 0.384 e. The van der Waals surface area contributed by atoms with Gasteiger partial charge >= 0.3 is 0 Å². The van der Waals surface area contributed by atoms with Crippen LogP contribution in [0.2, 0.25) is 0 Å². The summed E-state index contributed by atoms with van der Waals surface area (Å²) < 4.78 is 8.00. The van der Waals surface area contributed by atoms with E-state index in [2.05, 4.69) is 28.3 Å². The summed E-state index contributed by atoms with van der Waals surface area (Å²) in [6.07, 6.45) is 4.03. The summed E-state index contributed by atoms with van der Waals surface area (Å²) in [4.78, 5) is 28.9. The molecule has 1 fully saturated rings. The lowest BCUT2D eigenvalue weighted by Crippen LogP contribution is -2.46. The molecule has 0 radical (unpaired) electrons. The number of carbonyl (C=O) groups excluding carboxylic acids is 1. The van der Waals surface area contributed by atoms with Gasteiger partial charge in [-0.1, -0.05) is 18.2 Å². The van der Waals surface area contributed by atoms with Crippen LogP contribution < -0.4 is 10.6 Å². The first kappa shape index (κ1) is 22.0. The number of ether oxygens (including phenoxy) is 1. The minimum atomic E-state index is -0.0129. The Labute approximate surface area is 198 Å². The molecular weight excluding hydrogens is 428 g/mol. The highest BCUT2D eigenvalue weighted by molar-refractivity contribution is 5.97. The van der Waals surface area contributed by atoms with Crippen LogP contribution >= 0.6 is 0 Å². The fraction of sp³-hybridized carbons (Fsp3) is 0.308. The Morgan fingerprint density at radius 2 is 1.91 bits per heavy atom. The number of carbonyl (C=O) groups is 1. The Bertz CT molecular complexity index is 1340. The molecule has 2 atom stereocenters. The van der Waals surface area contributed by atoms with Gasteiger partial charge in [-0.3, -0.25) is 4.79 Å². The molecule has 0 saturated carbocycles. The molecule has 8 nitrogen and oxygen atoms in total. The van der Waals surface area contributed by atoms with Crippen LogP contribution in [0.1, 0.15) is 29.8 Å². The zero-order chi connectivity index (χ0) is 23.8. The number of ketones is 1. The van der Waals surface area contributed by atoms with Crippen LogP contribution in [0, 0.1) is 0 Å². The first-order chi connectivity index (χ1) is 16.4. The number of anilines is 2. The van der Waals surface area contributed by atoms with Crippen molar-refractivity contribution in [2.45, 2.75) is 32.5 Å². The number of hydrogen-bond acceptors (Lipinski definition) is 7. The van der Waals surface area contributed by atoms with Gasteiger partial charge in [0, 0.05) is 50.1 Å². The molecule has 1 saturated heterocycles. The first-order valence-electron chi connectivity index (χ1n) is 11.4. The number of nitrogen functional groups attached to an aromatic ring is 1. The Balaban J connectivity index is 1.50. The number of rotatable bonds is 5. The molecule has 4 heterocycles. The second-order valence-corrected chi connectivity index (χ2v) is 8.97. The smallest absolute Gasteiger partial charge is 0.168 e. The zero-order valence-electron chi connectivity index (χ0n) is 19.6. The number of hydrogen-bond donors (Lipinski definition) is 1. The number of morpholine rings is 1. The number of Topliss-reactive ketones (excluding diaryl/α,β-unsaturated/α-hetero) is 1. The van der Waals surface area contributed by atoms with Crippen LogP contribution in [0.25, 0.3) is 22.4 Å². The van der Waals surface area contributed by atoms with Gasteiger partial charge in [-0.2, -0.15) is 0 Å². The summed E-state index contributed by atoms with van der Waals surface area (Å²) in [5.74, 6) is 1.93. The third-order valence-corrected chi connectivity index (χ3v) is 6.08. The van der Waals surface area contributed by atoms with Crippen molar-refractivity contribution in [2.75, 3.05) is 23.7 Å². The molecule has 1 aliphatic rings. The van der Waals surface area contributed by atoms with Crippen molar-refractivity contribution in [2.24, 2.45) is 7.05 Å². The van der Waals surface area contributed by atoms with Gasteiger partial charge in [-0.05, 0) is 43.7 Å². The number of nitrogens with two attached hydrogens (primary N) is 1. The number of aryl methyl sites for hydroxylation is 1. The lowest BCUT2D eigenvalue weighted by Gasteiger charge is -2.36. The molecule has 0 aliphatic carbocycles. The van der Waals surface area contributed by atoms with Gasteiger partial charge in [0.1, 0.15) is 11.3 Å². The van der Waals surface area contributed by atoms with Crippen molar-refractivity contribution >= 4 is 28.5 Å². The summed E-state index contributed by atoms with van der Waals surface area (Å²) >= 11 is 0. The molecule has 0 spiro atoms. The standard InChI is InChI=1S/C26H28N6O2/c1-16-14-32(15-17(2)34-16)26-24-21(9-10-31(24)3)29-25(30-26)19-6-4-5-18(11-19)12-22(33)20-7-8-23(27)28-13-20/h4-11,13,16-17H,12,14-15H2,1-3H3,(H2,27,28). The lowest BCUT2D eigenvalue weighted by atomic mass is 10.0. The van der Waals surface area contributed by atoms with Crippen molar-refractivity contribution < 1.29 is 9.53 Å². The van der Waals surface area contributed by atoms with Gasteiger partial charge in [-0.15, -0.1) is 0 Å². The summed E-state index contributed by atoms with van der Waals surface area (Å²) in [6, 6.07) is 13.2. The molecular formula is C26H28N6O2.